The summed E-state index contributed by atoms with van der Waals surface area (Å²) in [6.45, 7) is 0. The predicted molar refractivity (Wildman–Crippen MR) is 65.2 cm³/mol. The summed E-state index contributed by atoms with van der Waals surface area (Å²) in [5.41, 5.74) is 3.89. The SMILES string of the molecule is NNC(c1csnn1)c1cc2cc(F)ccc2o1. The zero-order chi connectivity index (χ0) is 12.5. The van der Waals surface area contributed by atoms with Crippen molar-refractivity contribution in [3.63, 3.8) is 0 Å². The van der Waals surface area contributed by atoms with Gasteiger partial charge in [-0.25, -0.2) is 9.82 Å². The Bertz CT molecular complexity index is 667. The Morgan fingerprint density at radius 1 is 1.39 bits per heavy atom. The second kappa shape index (κ2) is 4.45. The molecule has 0 aliphatic heterocycles. The van der Waals surface area contributed by atoms with E-state index < -0.39 is 0 Å². The Balaban J connectivity index is 2.07. The van der Waals surface area contributed by atoms with Gasteiger partial charge in [-0.3, -0.25) is 5.84 Å². The van der Waals surface area contributed by atoms with E-state index in [2.05, 4.69) is 15.0 Å². The van der Waals surface area contributed by atoms with E-state index in [-0.39, 0.29) is 11.9 Å². The number of hydrazine groups is 1. The van der Waals surface area contributed by atoms with Crippen LogP contribution in [-0.2, 0) is 0 Å². The zero-order valence-electron chi connectivity index (χ0n) is 9.13. The molecule has 1 unspecified atom stereocenters. The molecule has 1 atom stereocenters. The van der Waals surface area contributed by atoms with Crippen LogP contribution in [0.3, 0.4) is 0 Å². The van der Waals surface area contributed by atoms with Gasteiger partial charge in [0.25, 0.3) is 0 Å². The number of halogens is 1. The molecule has 0 aliphatic rings. The summed E-state index contributed by atoms with van der Waals surface area (Å²) in [7, 11) is 0. The second-order valence-corrected chi connectivity index (χ2v) is 4.37. The van der Waals surface area contributed by atoms with Crippen LogP contribution in [0.15, 0.2) is 34.1 Å². The number of hydrogen-bond acceptors (Lipinski definition) is 6. The monoisotopic (exact) mass is 264 g/mol. The minimum absolute atomic E-state index is 0.303. The van der Waals surface area contributed by atoms with E-state index in [4.69, 9.17) is 10.3 Å². The Hall–Kier alpha value is -1.83. The van der Waals surface area contributed by atoms with E-state index in [0.29, 0.717) is 22.4 Å². The van der Waals surface area contributed by atoms with Gasteiger partial charge in [0.15, 0.2) is 0 Å². The van der Waals surface area contributed by atoms with Crippen LogP contribution in [0.2, 0.25) is 0 Å². The van der Waals surface area contributed by atoms with Crippen LogP contribution in [0.5, 0.6) is 0 Å². The summed E-state index contributed by atoms with van der Waals surface area (Å²) < 4.78 is 22.5. The first-order chi connectivity index (χ1) is 8.78. The maximum Gasteiger partial charge on any atom is 0.134 e. The van der Waals surface area contributed by atoms with E-state index in [1.54, 1.807) is 17.5 Å². The van der Waals surface area contributed by atoms with Crippen molar-refractivity contribution in [2.24, 2.45) is 5.84 Å². The number of nitrogens with zero attached hydrogens (tertiary/aromatic N) is 2. The molecular formula is C11H9FN4OS. The van der Waals surface area contributed by atoms with Gasteiger partial charge < -0.3 is 4.42 Å². The summed E-state index contributed by atoms with van der Waals surface area (Å²) in [6.07, 6.45) is 0. The van der Waals surface area contributed by atoms with Crippen LogP contribution >= 0.6 is 11.5 Å². The fourth-order valence-electron chi connectivity index (χ4n) is 1.79. The van der Waals surface area contributed by atoms with Gasteiger partial charge in [0.05, 0.1) is 0 Å². The van der Waals surface area contributed by atoms with Crippen molar-refractivity contribution in [3.8, 4) is 0 Å². The van der Waals surface area contributed by atoms with Crippen molar-refractivity contribution >= 4 is 22.5 Å². The van der Waals surface area contributed by atoms with Crippen LogP contribution in [0.4, 0.5) is 4.39 Å². The van der Waals surface area contributed by atoms with E-state index in [1.807, 2.05) is 0 Å². The lowest BCUT2D eigenvalue weighted by molar-refractivity contribution is 0.470. The van der Waals surface area contributed by atoms with Gasteiger partial charge in [-0.05, 0) is 35.8 Å². The highest BCUT2D eigenvalue weighted by Crippen LogP contribution is 2.27. The van der Waals surface area contributed by atoms with Gasteiger partial charge >= 0.3 is 0 Å². The molecule has 0 saturated heterocycles. The molecule has 0 amide bonds. The summed E-state index contributed by atoms with van der Waals surface area (Å²) >= 11 is 1.23. The number of rotatable bonds is 3. The van der Waals surface area contributed by atoms with Crippen molar-refractivity contribution in [2.45, 2.75) is 6.04 Å². The van der Waals surface area contributed by atoms with Crippen molar-refractivity contribution in [2.75, 3.05) is 0 Å². The van der Waals surface area contributed by atoms with Crippen LogP contribution in [0.25, 0.3) is 11.0 Å². The fraction of sp³-hybridized carbons (Fsp3) is 0.0909. The molecule has 3 N–H and O–H groups in total. The molecule has 92 valence electrons. The van der Waals surface area contributed by atoms with Crippen molar-refractivity contribution < 1.29 is 8.81 Å². The minimum Gasteiger partial charge on any atom is -0.459 e. The summed E-state index contributed by atoms with van der Waals surface area (Å²) in [5.74, 6) is 5.77. The normalized spacial score (nSPS) is 13.0. The number of benzene rings is 1. The van der Waals surface area contributed by atoms with Gasteiger partial charge in [0.1, 0.15) is 28.9 Å². The third-order valence-electron chi connectivity index (χ3n) is 2.62. The molecule has 3 aromatic rings. The maximum atomic E-state index is 13.1. The number of nitrogens with one attached hydrogen (secondary N) is 1. The zero-order valence-corrected chi connectivity index (χ0v) is 9.95. The molecule has 5 nitrogen and oxygen atoms in total. The van der Waals surface area contributed by atoms with E-state index in [9.17, 15) is 4.39 Å². The third kappa shape index (κ3) is 1.88. The molecule has 18 heavy (non-hydrogen) atoms. The molecule has 3 rings (SSSR count). The topological polar surface area (TPSA) is 77.0 Å². The Kier molecular flexibility index (Phi) is 2.78. The van der Waals surface area contributed by atoms with Crippen LogP contribution in [0.1, 0.15) is 17.5 Å². The highest BCUT2D eigenvalue weighted by Gasteiger charge is 2.19. The number of nitrogens with two attached hydrogens (primary N) is 1. The lowest BCUT2D eigenvalue weighted by Crippen LogP contribution is -2.28. The van der Waals surface area contributed by atoms with Gasteiger partial charge in [0, 0.05) is 10.8 Å². The van der Waals surface area contributed by atoms with E-state index in [1.165, 1.54) is 23.7 Å². The quantitative estimate of drug-likeness (QED) is 0.558. The number of hydrogen-bond donors (Lipinski definition) is 2. The average Bonchev–Trinajstić information content (AvgIpc) is 2.98. The van der Waals surface area contributed by atoms with Gasteiger partial charge in [-0.1, -0.05) is 4.49 Å². The fourth-order valence-corrected chi connectivity index (χ4v) is 2.27. The van der Waals surface area contributed by atoms with Crippen LogP contribution in [0, 0.1) is 5.82 Å². The van der Waals surface area contributed by atoms with Crippen molar-refractivity contribution in [1.29, 1.82) is 0 Å². The van der Waals surface area contributed by atoms with Crippen molar-refractivity contribution in [3.05, 3.63) is 46.9 Å². The highest BCUT2D eigenvalue weighted by atomic mass is 32.1. The number of aromatic nitrogens is 2. The summed E-state index contributed by atoms with van der Waals surface area (Å²) in [5, 5.41) is 6.41. The molecule has 2 aromatic heterocycles. The van der Waals surface area contributed by atoms with E-state index in [0.717, 1.165) is 0 Å². The highest BCUT2D eigenvalue weighted by molar-refractivity contribution is 7.03. The largest absolute Gasteiger partial charge is 0.459 e. The average molecular weight is 264 g/mol. The number of fused-ring (bicyclic) bond motifs is 1. The lowest BCUT2D eigenvalue weighted by atomic mass is 10.1. The predicted octanol–water partition coefficient (Wildman–Crippen LogP) is 1.98. The first kappa shape index (κ1) is 11.3. The van der Waals surface area contributed by atoms with Crippen molar-refractivity contribution in [1.82, 2.24) is 15.0 Å². The second-order valence-electron chi connectivity index (χ2n) is 3.76. The lowest BCUT2D eigenvalue weighted by Gasteiger charge is -2.08. The molecule has 2 heterocycles. The van der Waals surface area contributed by atoms with E-state index >= 15 is 0 Å². The van der Waals surface area contributed by atoms with Gasteiger partial charge in [-0.15, -0.1) is 5.10 Å². The standard InChI is InChI=1S/C11H9FN4OS/c12-7-1-2-9-6(3-7)4-10(17-9)11(14-13)8-5-18-16-15-8/h1-5,11,14H,13H2. The van der Waals surface area contributed by atoms with Crippen LogP contribution < -0.4 is 11.3 Å². The molecule has 0 spiro atoms. The molecule has 0 fully saturated rings. The molecule has 0 radical (unpaired) electrons. The molecular weight excluding hydrogens is 255 g/mol. The first-order valence-electron chi connectivity index (χ1n) is 5.20. The molecule has 1 aromatic carbocycles. The first-order valence-corrected chi connectivity index (χ1v) is 6.03. The maximum absolute atomic E-state index is 13.1. The van der Waals surface area contributed by atoms with Gasteiger partial charge in [-0.2, -0.15) is 0 Å². The smallest absolute Gasteiger partial charge is 0.134 e. The Labute approximate surface area is 106 Å². The minimum atomic E-state index is -0.390. The Morgan fingerprint density at radius 3 is 3.00 bits per heavy atom. The molecule has 0 aliphatic carbocycles. The molecule has 7 heteroatoms. The van der Waals surface area contributed by atoms with Crippen LogP contribution in [-0.4, -0.2) is 9.59 Å². The third-order valence-corrected chi connectivity index (χ3v) is 3.14. The molecule has 0 bridgehead atoms. The Morgan fingerprint density at radius 2 is 2.28 bits per heavy atom. The number of furan rings is 1. The van der Waals surface area contributed by atoms with Gasteiger partial charge in [0.2, 0.25) is 0 Å². The summed E-state index contributed by atoms with van der Waals surface area (Å²) in [4.78, 5) is 0. The summed E-state index contributed by atoms with van der Waals surface area (Å²) in [6, 6.07) is 5.70. The molecule has 0 saturated carbocycles.